The summed E-state index contributed by atoms with van der Waals surface area (Å²) < 4.78 is 14.2. The van der Waals surface area contributed by atoms with Crippen molar-refractivity contribution in [1.29, 1.82) is 0 Å². The highest BCUT2D eigenvalue weighted by Crippen LogP contribution is 2.46. The van der Waals surface area contributed by atoms with E-state index in [4.69, 9.17) is 11.6 Å². The Balaban J connectivity index is 1.30. The monoisotopic (exact) mass is 558 g/mol. The number of rotatable bonds is 6. The number of halogens is 2. The minimum absolute atomic E-state index is 0.118. The van der Waals surface area contributed by atoms with E-state index < -0.39 is 35.8 Å². The van der Waals surface area contributed by atoms with Gasteiger partial charge in [-0.1, -0.05) is 67.9 Å². The van der Waals surface area contributed by atoms with Gasteiger partial charge in [-0.25, -0.2) is 4.39 Å². The van der Waals surface area contributed by atoms with Crippen LogP contribution in [0.1, 0.15) is 52.6 Å². The summed E-state index contributed by atoms with van der Waals surface area (Å²) in [4.78, 5) is 45.9. The van der Waals surface area contributed by atoms with Crippen LogP contribution in [0.5, 0.6) is 0 Å². The number of benzene rings is 3. The van der Waals surface area contributed by atoms with Crippen molar-refractivity contribution in [3.63, 3.8) is 0 Å². The average molecular weight is 559 g/mol. The van der Waals surface area contributed by atoms with Crippen LogP contribution in [0, 0.1) is 11.7 Å². The van der Waals surface area contributed by atoms with Crippen LogP contribution < -0.4 is 10.6 Å². The molecule has 3 aromatic carbocycles. The number of fused-ring (bicyclic) bond motifs is 7. The van der Waals surface area contributed by atoms with Crippen molar-refractivity contribution in [1.82, 2.24) is 20.5 Å². The lowest BCUT2D eigenvalue weighted by molar-refractivity contribution is -0.133. The SMILES string of the molecule is CC(C)[C@H](NC(=O)[C@@H]1Cc2c([nH]c3ccccc23)[C@H]2c3ccccc3C(=O)N21)C(=O)NCc1c(F)cccc1Cl. The second kappa shape index (κ2) is 10.1. The van der Waals surface area contributed by atoms with Gasteiger partial charge >= 0.3 is 0 Å². The highest BCUT2D eigenvalue weighted by Gasteiger charge is 2.49. The first-order valence-electron chi connectivity index (χ1n) is 13.3. The van der Waals surface area contributed by atoms with E-state index >= 15 is 0 Å². The molecule has 2 aliphatic rings. The van der Waals surface area contributed by atoms with Crippen LogP contribution in [-0.4, -0.2) is 39.7 Å². The lowest BCUT2D eigenvalue weighted by Crippen LogP contribution is -2.57. The summed E-state index contributed by atoms with van der Waals surface area (Å²) in [5.41, 5.74) is 4.42. The Kier molecular flexibility index (Phi) is 6.58. The third-order valence-electron chi connectivity index (χ3n) is 7.90. The van der Waals surface area contributed by atoms with Gasteiger partial charge in [0, 0.05) is 45.7 Å². The number of H-pyrrole nitrogens is 1. The molecule has 9 heteroatoms. The summed E-state index contributed by atoms with van der Waals surface area (Å²) in [6.07, 6.45) is 0.304. The molecule has 2 aliphatic heterocycles. The second-order valence-corrected chi connectivity index (χ2v) is 11.0. The molecule has 1 aromatic heterocycles. The molecule has 3 amide bonds. The van der Waals surface area contributed by atoms with Crippen molar-refractivity contribution in [3.8, 4) is 0 Å². The van der Waals surface area contributed by atoms with Crippen LogP contribution >= 0.6 is 11.6 Å². The first-order valence-corrected chi connectivity index (χ1v) is 13.7. The van der Waals surface area contributed by atoms with E-state index in [-0.39, 0.29) is 29.0 Å². The molecule has 204 valence electrons. The molecule has 40 heavy (non-hydrogen) atoms. The molecule has 0 fully saturated rings. The zero-order valence-corrected chi connectivity index (χ0v) is 22.8. The third-order valence-corrected chi connectivity index (χ3v) is 8.26. The van der Waals surface area contributed by atoms with Gasteiger partial charge in [-0.05, 0) is 41.3 Å². The predicted octanol–water partition coefficient (Wildman–Crippen LogP) is 4.89. The Hall–Kier alpha value is -4.17. The quantitative estimate of drug-likeness (QED) is 0.315. The van der Waals surface area contributed by atoms with Gasteiger partial charge in [0.1, 0.15) is 17.9 Å². The minimum Gasteiger partial charge on any atom is -0.356 e. The van der Waals surface area contributed by atoms with E-state index in [1.165, 1.54) is 12.1 Å². The van der Waals surface area contributed by atoms with Crippen LogP contribution in [0.25, 0.3) is 10.9 Å². The number of aromatic amines is 1. The van der Waals surface area contributed by atoms with E-state index in [2.05, 4.69) is 15.6 Å². The zero-order chi connectivity index (χ0) is 28.1. The molecule has 3 N–H and O–H groups in total. The average Bonchev–Trinajstić information content (AvgIpc) is 3.46. The first-order chi connectivity index (χ1) is 19.3. The third kappa shape index (κ3) is 4.23. The lowest BCUT2D eigenvalue weighted by Gasteiger charge is -2.38. The maximum absolute atomic E-state index is 14.2. The molecule has 0 unspecified atom stereocenters. The molecule has 7 nitrogen and oxygen atoms in total. The second-order valence-electron chi connectivity index (χ2n) is 10.6. The fourth-order valence-electron chi connectivity index (χ4n) is 5.91. The summed E-state index contributed by atoms with van der Waals surface area (Å²) in [5.74, 6) is -1.88. The molecule has 0 aliphatic carbocycles. The number of nitrogens with one attached hydrogen (secondary N) is 3. The van der Waals surface area contributed by atoms with Gasteiger partial charge in [-0.15, -0.1) is 0 Å². The number of carbonyl (C=O) groups excluding carboxylic acids is 3. The Bertz CT molecular complexity index is 1650. The van der Waals surface area contributed by atoms with E-state index in [1.54, 1.807) is 17.0 Å². The Labute approximate surface area is 235 Å². The lowest BCUT2D eigenvalue weighted by atomic mass is 9.89. The van der Waals surface area contributed by atoms with Crippen molar-refractivity contribution in [3.05, 3.63) is 106 Å². The number of para-hydroxylation sites is 1. The van der Waals surface area contributed by atoms with Gasteiger partial charge in [0.2, 0.25) is 11.8 Å². The molecular formula is C31H28ClFN4O3. The molecule has 0 saturated heterocycles. The van der Waals surface area contributed by atoms with Crippen LogP contribution in [0.3, 0.4) is 0 Å². The molecular weight excluding hydrogens is 531 g/mol. The molecule has 0 spiro atoms. The van der Waals surface area contributed by atoms with Gasteiger partial charge in [0.25, 0.3) is 5.91 Å². The number of amides is 3. The summed E-state index contributed by atoms with van der Waals surface area (Å²) in [5, 5.41) is 6.83. The standard InChI is InChI=1S/C31H28ClFN4O3/c1-16(2)26(30(39)34-15-21-22(32)11-7-12-23(21)33)36-29(38)25-14-20-17-8-5-6-13-24(17)35-27(20)28-18-9-3-4-10-19(18)31(40)37(25)28/h3-13,16,25-26,28,35H,14-15H2,1-2H3,(H,34,39)(H,36,38)/t25-,26-,28+/m0/s1. The number of nitrogens with zero attached hydrogens (tertiary/aromatic N) is 1. The number of hydrogen-bond donors (Lipinski definition) is 3. The minimum atomic E-state index is -0.902. The van der Waals surface area contributed by atoms with E-state index in [1.807, 2.05) is 56.3 Å². The number of aromatic nitrogens is 1. The summed E-state index contributed by atoms with van der Waals surface area (Å²) in [7, 11) is 0. The summed E-state index contributed by atoms with van der Waals surface area (Å²) >= 11 is 6.12. The first kappa shape index (κ1) is 26.1. The van der Waals surface area contributed by atoms with Gasteiger partial charge in [0.15, 0.2) is 0 Å². The smallest absolute Gasteiger partial charge is 0.255 e. The van der Waals surface area contributed by atoms with Gasteiger partial charge in [-0.3, -0.25) is 14.4 Å². The van der Waals surface area contributed by atoms with Crippen LogP contribution in [0.15, 0.2) is 66.7 Å². The van der Waals surface area contributed by atoms with Crippen LogP contribution in [0.2, 0.25) is 5.02 Å². The fourth-order valence-corrected chi connectivity index (χ4v) is 6.14. The molecule has 3 heterocycles. The van der Waals surface area contributed by atoms with Crippen LogP contribution in [-0.2, 0) is 22.6 Å². The van der Waals surface area contributed by atoms with Crippen molar-refractivity contribution in [2.75, 3.05) is 0 Å². The predicted molar refractivity (Wildman–Crippen MR) is 150 cm³/mol. The highest BCUT2D eigenvalue weighted by molar-refractivity contribution is 6.31. The molecule has 3 atom stereocenters. The van der Waals surface area contributed by atoms with Crippen molar-refractivity contribution >= 4 is 40.2 Å². The van der Waals surface area contributed by atoms with Crippen molar-refractivity contribution in [2.45, 2.75) is 44.9 Å². The van der Waals surface area contributed by atoms with E-state index in [0.717, 1.165) is 27.7 Å². The Morgan fingerprint density at radius 3 is 2.60 bits per heavy atom. The van der Waals surface area contributed by atoms with Gasteiger partial charge < -0.3 is 20.5 Å². The maximum Gasteiger partial charge on any atom is 0.255 e. The number of hydrogen-bond acceptors (Lipinski definition) is 3. The van der Waals surface area contributed by atoms with Crippen molar-refractivity contribution < 1.29 is 18.8 Å². The molecule has 0 saturated carbocycles. The maximum atomic E-state index is 14.2. The molecule has 0 bridgehead atoms. The van der Waals surface area contributed by atoms with E-state index in [9.17, 15) is 18.8 Å². The molecule has 0 radical (unpaired) electrons. The Morgan fingerprint density at radius 2 is 1.82 bits per heavy atom. The summed E-state index contributed by atoms with van der Waals surface area (Å²) in [6, 6.07) is 17.5. The Morgan fingerprint density at radius 1 is 1.07 bits per heavy atom. The van der Waals surface area contributed by atoms with Crippen molar-refractivity contribution in [2.24, 2.45) is 5.92 Å². The zero-order valence-electron chi connectivity index (χ0n) is 22.0. The largest absolute Gasteiger partial charge is 0.356 e. The number of carbonyl (C=O) groups is 3. The fraction of sp³-hybridized carbons (Fsp3) is 0.258. The van der Waals surface area contributed by atoms with Crippen LogP contribution in [0.4, 0.5) is 4.39 Å². The summed E-state index contributed by atoms with van der Waals surface area (Å²) in [6.45, 7) is 3.52. The van der Waals surface area contributed by atoms with Gasteiger partial charge in [-0.2, -0.15) is 0 Å². The van der Waals surface area contributed by atoms with E-state index in [0.29, 0.717) is 12.0 Å². The van der Waals surface area contributed by atoms with Gasteiger partial charge in [0.05, 0.1) is 6.04 Å². The normalized spacial score (nSPS) is 18.3. The topological polar surface area (TPSA) is 94.3 Å². The highest BCUT2D eigenvalue weighted by atomic mass is 35.5. The molecule has 4 aromatic rings. The molecule has 6 rings (SSSR count).